The second kappa shape index (κ2) is 8.52. The number of hydrogen-bond donors (Lipinski definition) is 2. The van der Waals surface area contributed by atoms with E-state index in [1.165, 1.54) is 18.2 Å². The van der Waals surface area contributed by atoms with Crippen LogP contribution in [0.2, 0.25) is 5.02 Å². The Kier molecular flexibility index (Phi) is 6.15. The number of carbonyl (C=O) groups is 2. The summed E-state index contributed by atoms with van der Waals surface area (Å²) in [5, 5.41) is 12.1. The summed E-state index contributed by atoms with van der Waals surface area (Å²) in [7, 11) is 0. The number of anilines is 1. The number of nitrogens with zero attached hydrogens (tertiary/aromatic N) is 1. The van der Waals surface area contributed by atoms with Gasteiger partial charge in [-0.05, 0) is 35.9 Å². The molecule has 2 aromatic carbocycles. The predicted molar refractivity (Wildman–Crippen MR) is 94.8 cm³/mol. The molecular formula is C18H14ClN3O3. The van der Waals surface area contributed by atoms with Crippen LogP contribution in [0.15, 0.2) is 54.1 Å². The van der Waals surface area contributed by atoms with E-state index in [0.717, 1.165) is 0 Å². The van der Waals surface area contributed by atoms with Crippen LogP contribution in [0.25, 0.3) is 6.08 Å². The molecule has 2 rings (SSSR count). The molecule has 0 unspecified atom stereocenters. The fourth-order valence-corrected chi connectivity index (χ4v) is 2.15. The van der Waals surface area contributed by atoms with Gasteiger partial charge in [0.25, 0.3) is 11.8 Å². The van der Waals surface area contributed by atoms with Crippen LogP contribution in [-0.4, -0.2) is 18.4 Å². The third-order valence-electron chi connectivity index (χ3n) is 3.03. The summed E-state index contributed by atoms with van der Waals surface area (Å²) in [6.07, 6.45) is 1.40. The normalized spacial score (nSPS) is 10.6. The van der Waals surface area contributed by atoms with E-state index < -0.39 is 11.8 Å². The number of benzene rings is 2. The molecule has 7 heteroatoms. The number of halogens is 1. The van der Waals surface area contributed by atoms with E-state index >= 15 is 0 Å². The molecular weight excluding hydrogens is 342 g/mol. The summed E-state index contributed by atoms with van der Waals surface area (Å²) in [5.41, 5.74) is 6.05. The van der Waals surface area contributed by atoms with Gasteiger partial charge < -0.3 is 15.8 Å². The van der Waals surface area contributed by atoms with E-state index in [0.29, 0.717) is 11.3 Å². The van der Waals surface area contributed by atoms with E-state index in [-0.39, 0.29) is 23.0 Å². The summed E-state index contributed by atoms with van der Waals surface area (Å²) in [6.45, 7) is -0.294. The number of nitriles is 1. The third-order valence-corrected chi connectivity index (χ3v) is 3.33. The average molecular weight is 356 g/mol. The van der Waals surface area contributed by atoms with Crippen molar-refractivity contribution in [2.75, 3.05) is 11.9 Å². The van der Waals surface area contributed by atoms with Crippen LogP contribution in [0.4, 0.5) is 5.69 Å². The van der Waals surface area contributed by atoms with Crippen molar-refractivity contribution in [3.05, 3.63) is 64.7 Å². The summed E-state index contributed by atoms with van der Waals surface area (Å²) in [6, 6.07) is 15.3. The van der Waals surface area contributed by atoms with Gasteiger partial charge in [0.1, 0.15) is 17.4 Å². The molecule has 2 amide bonds. The number of amides is 2. The lowest BCUT2D eigenvalue weighted by Gasteiger charge is -2.07. The number of carbonyl (C=O) groups excluding carboxylic acids is 2. The summed E-state index contributed by atoms with van der Waals surface area (Å²) < 4.78 is 5.14. The lowest BCUT2D eigenvalue weighted by atomic mass is 10.1. The van der Waals surface area contributed by atoms with Gasteiger partial charge in [-0.2, -0.15) is 5.26 Å². The van der Waals surface area contributed by atoms with Crippen molar-refractivity contribution in [1.29, 1.82) is 5.26 Å². The van der Waals surface area contributed by atoms with E-state index in [2.05, 4.69) is 5.32 Å². The Hall–Kier alpha value is -3.30. The average Bonchev–Trinajstić information content (AvgIpc) is 2.59. The highest BCUT2D eigenvalue weighted by molar-refractivity contribution is 6.32. The Balaban J connectivity index is 2.16. The molecule has 0 aromatic heterocycles. The Bertz CT molecular complexity index is 858. The zero-order chi connectivity index (χ0) is 18.2. The van der Waals surface area contributed by atoms with Gasteiger partial charge in [-0.1, -0.05) is 35.9 Å². The first kappa shape index (κ1) is 18.0. The molecule has 3 N–H and O–H groups in total. The smallest absolute Gasteiger partial charge is 0.266 e. The highest BCUT2D eigenvalue weighted by Gasteiger charge is 2.10. The van der Waals surface area contributed by atoms with E-state index in [1.54, 1.807) is 30.3 Å². The Morgan fingerprint density at radius 1 is 1.24 bits per heavy atom. The first-order chi connectivity index (χ1) is 12.0. The Morgan fingerprint density at radius 2 is 1.96 bits per heavy atom. The fourth-order valence-electron chi connectivity index (χ4n) is 1.91. The lowest BCUT2D eigenvalue weighted by molar-refractivity contribution is -0.120. The van der Waals surface area contributed by atoms with Crippen molar-refractivity contribution >= 4 is 35.2 Å². The molecule has 0 aliphatic rings. The number of ether oxygens (including phenoxy) is 1. The maximum Gasteiger partial charge on any atom is 0.266 e. The maximum absolute atomic E-state index is 12.2. The predicted octanol–water partition coefficient (Wildman–Crippen LogP) is 2.75. The van der Waals surface area contributed by atoms with Gasteiger partial charge in [0, 0.05) is 5.69 Å². The van der Waals surface area contributed by atoms with Crippen LogP contribution in [0.1, 0.15) is 5.56 Å². The number of primary amides is 1. The molecule has 126 valence electrons. The molecule has 25 heavy (non-hydrogen) atoms. The second-order valence-corrected chi connectivity index (χ2v) is 5.34. The lowest BCUT2D eigenvalue weighted by Crippen LogP contribution is -2.20. The molecule has 0 bridgehead atoms. The van der Waals surface area contributed by atoms with E-state index in [1.807, 2.05) is 12.1 Å². The molecule has 0 fully saturated rings. The van der Waals surface area contributed by atoms with Crippen LogP contribution in [0.3, 0.4) is 0 Å². The van der Waals surface area contributed by atoms with Gasteiger partial charge in [-0.15, -0.1) is 0 Å². The fraction of sp³-hybridized carbons (Fsp3) is 0.0556. The highest BCUT2D eigenvalue weighted by Crippen LogP contribution is 2.26. The standard InChI is InChI=1S/C18H14ClN3O3/c19-15-9-12(6-7-16(15)25-11-17(21)23)8-13(10-20)18(24)22-14-4-2-1-3-5-14/h1-9H,11H2,(H2,21,23)(H,22,24)/b13-8+. The first-order valence-electron chi connectivity index (χ1n) is 7.18. The zero-order valence-electron chi connectivity index (χ0n) is 13.0. The SMILES string of the molecule is N#C/C(=C\c1ccc(OCC(N)=O)c(Cl)c1)C(=O)Nc1ccccc1. The Morgan fingerprint density at radius 3 is 2.56 bits per heavy atom. The minimum absolute atomic E-state index is 0.0780. The minimum atomic E-state index is -0.621. The van der Waals surface area contributed by atoms with Crippen LogP contribution in [-0.2, 0) is 9.59 Å². The van der Waals surface area contributed by atoms with Crippen molar-refractivity contribution in [3.8, 4) is 11.8 Å². The van der Waals surface area contributed by atoms with Gasteiger partial charge in [-0.3, -0.25) is 9.59 Å². The van der Waals surface area contributed by atoms with Gasteiger partial charge in [0.05, 0.1) is 5.02 Å². The zero-order valence-corrected chi connectivity index (χ0v) is 13.8. The van der Waals surface area contributed by atoms with Crippen LogP contribution in [0, 0.1) is 11.3 Å². The number of rotatable bonds is 6. The van der Waals surface area contributed by atoms with Crippen molar-refractivity contribution < 1.29 is 14.3 Å². The number of nitrogens with one attached hydrogen (secondary N) is 1. The minimum Gasteiger partial charge on any atom is -0.482 e. The third kappa shape index (κ3) is 5.37. The summed E-state index contributed by atoms with van der Waals surface area (Å²) >= 11 is 6.06. The molecule has 0 radical (unpaired) electrons. The van der Waals surface area contributed by atoms with Gasteiger partial charge in [0.15, 0.2) is 6.61 Å². The molecule has 0 aliphatic carbocycles. The topological polar surface area (TPSA) is 105 Å². The van der Waals surface area contributed by atoms with Gasteiger partial charge in [-0.25, -0.2) is 0 Å². The first-order valence-corrected chi connectivity index (χ1v) is 7.56. The van der Waals surface area contributed by atoms with Crippen LogP contribution >= 0.6 is 11.6 Å². The molecule has 0 saturated heterocycles. The van der Waals surface area contributed by atoms with Gasteiger partial charge >= 0.3 is 0 Å². The van der Waals surface area contributed by atoms with Gasteiger partial charge in [0.2, 0.25) is 0 Å². The van der Waals surface area contributed by atoms with Crippen molar-refractivity contribution in [2.45, 2.75) is 0 Å². The van der Waals surface area contributed by atoms with Crippen molar-refractivity contribution in [3.63, 3.8) is 0 Å². The Labute approximate surface area is 149 Å². The molecule has 2 aromatic rings. The molecule has 6 nitrogen and oxygen atoms in total. The molecule has 0 aliphatic heterocycles. The monoisotopic (exact) mass is 355 g/mol. The largest absolute Gasteiger partial charge is 0.482 e. The van der Waals surface area contributed by atoms with E-state index in [4.69, 9.17) is 22.1 Å². The highest BCUT2D eigenvalue weighted by atomic mass is 35.5. The van der Waals surface area contributed by atoms with E-state index in [9.17, 15) is 14.9 Å². The number of hydrogen-bond acceptors (Lipinski definition) is 4. The molecule has 0 atom stereocenters. The van der Waals surface area contributed by atoms with Crippen LogP contribution < -0.4 is 15.8 Å². The number of para-hydroxylation sites is 1. The molecule has 0 saturated carbocycles. The maximum atomic E-state index is 12.2. The second-order valence-electron chi connectivity index (χ2n) is 4.93. The van der Waals surface area contributed by atoms with Crippen LogP contribution in [0.5, 0.6) is 5.75 Å². The molecule has 0 spiro atoms. The van der Waals surface area contributed by atoms with Crippen molar-refractivity contribution in [2.24, 2.45) is 5.73 Å². The quantitative estimate of drug-likeness (QED) is 0.613. The number of nitrogens with two attached hydrogens (primary N) is 1. The summed E-state index contributed by atoms with van der Waals surface area (Å²) in [4.78, 5) is 22.9. The molecule has 0 heterocycles. The van der Waals surface area contributed by atoms with Crippen molar-refractivity contribution in [1.82, 2.24) is 0 Å². The summed E-state index contributed by atoms with van der Waals surface area (Å²) in [5.74, 6) is -0.867.